The van der Waals surface area contributed by atoms with E-state index < -0.39 is 24.3 Å². The number of hydrogen-bond acceptors (Lipinski definition) is 4. The predicted molar refractivity (Wildman–Crippen MR) is 78.2 cm³/mol. The van der Waals surface area contributed by atoms with Crippen LogP contribution in [0.1, 0.15) is 15.9 Å². The molecule has 2 aromatic carbocycles. The third kappa shape index (κ3) is 4.05. The van der Waals surface area contributed by atoms with Crippen molar-refractivity contribution in [2.45, 2.75) is 6.92 Å². The Kier molecular flexibility index (Phi) is 4.73. The number of esters is 1. The van der Waals surface area contributed by atoms with Crippen LogP contribution in [0.3, 0.4) is 0 Å². The second kappa shape index (κ2) is 6.71. The van der Waals surface area contributed by atoms with E-state index in [-0.39, 0.29) is 11.3 Å². The molecule has 0 radical (unpaired) electrons. The van der Waals surface area contributed by atoms with Crippen molar-refractivity contribution in [3.05, 3.63) is 59.4 Å². The first-order valence-corrected chi connectivity index (χ1v) is 6.48. The molecule has 2 aromatic rings. The van der Waals surface area contributed by atoms with E-state index in [4.69, 9.17) is 4.74 Å². The Hall–Kier alpha value is -2.89. The van der Waals surface area contributed by atoms with Gasteiger partial charge in [0.25, 0.3) is 5.91 Å². The number of carbonyl (C=O) groups excluding carboxylic acids is 2. The number of aromatic hydroxyl groups is 1. The number of carbonyl (C=O) groups is 2. The lowest BCUT2D eigenvalue weighted by Crippen LogP contribution is -2.21. The van der Waals surface area contributed by atoms with Crippen LogP contribution < -0.4 is 5.32 Å². The van der Waals surface area contributed by atoms with Gasteiger partial charge in [0.1, 0.15) is 11.6 Å². The Morgan fingerprint density at radius 2 is 2.00 bits per heavy atom. The zero-order chi connectivity index (χ0) is 16.1. The molecule has 2 rings (SSSR count). The van der Waals surface area contributed by atoms with Gasteiger partial charge in [-0.3, -0.25) is 4.79 Å². The minimum absolute atomic E-state index is 0.0747. The molecule has 0 aliphatic rings. The van der Waals surface area contributed by atoms with Gasteiger partial charge in [-0.1, -0.05) is 12.1 Å². The molecule has 0 fully saturated rings. The minimum Gasteiger partial charge on any atom is -0.508 e. The zero-order valence-electron chi connectivity index (χ0n) is 11.8. The number of aryl methyl sites for hydroxylation is 1. The van der Waals surface area contributed by atoms with E-state index in [1.54, 1.807) is 6.92 Å². The summed E-state index contributed by atoms with van der Waals surface area (Å²) in [5.41, 5.74) is 1.14. The number of benzene rings is 2. The SMILES string of the molecule is Cc1ccc(F)cc1NC(=O)COC(=O)c1cccc(O)c1. The lowest BCUT2D eigenvalue weighted by atomic mass is 10.2. The molecule has 0 aromatic heterocycles. The molecule has 0 unspecified atom stereocenters. The highest BCUT2D eigenvalue weighted by Gasteiger charge is 2.12. The largest absolute Gasteiger partial charge is 0.508 e. The summed E-state index contributed by atoms with van der Waals surface area (Å²) in [6.07, 6.45) is 0. The van der Waals surface area contributed by atoms with E-state index in [9.17, 15) is 19.1 Å². The average Bonchev–Trinajstić information content (AvgIpc) is 2.48. The molecular formula is C16H14FNO4. The van der Waals surface area contributed by atoms with E-state index >= 15 is 0 Å². The molecular weight excluding hydrogens is 289 g/mol. The predicted octanol–water partition coefficient (Wildman–Crippen LogP) is 2.64. The van der Waals surface area contributed by atoms with Gasteiger partial charge in [-0.15, -0.1) is 0 Å². The van der Waals surface area contributed by atoms with Crippen molar-refractivity contribution in [1.82, 2.24) is 0 Å². The van der Waals surface area contributed by atoms with Crippen molar-refractivity contribution in [3.8, 4) is 5.75 Å². The standard InChI is InChI=1S/C16H14FNO4/c1-10-5-6-12(17)8-14(10)18-15(20)9-22-16(21)11-3-2-4-13(19)7-11/h2-8,19H,9H2,1H3,(H,18,20). The molecule has 0 saturated carbocycles. The first-order chi connectivity index (χ1) is 10.5. The number of ether oxygens (including phenoxy) is 1. The zero-order valence-corrected chi connectivity index (χ0v) is 11.8. The quantitative estimate of drug-likeness (QED) is 0.851. The summed E-state index contributed by atoms with van der Waals surface area (Å²) in [7, 11) is 0. The lowest BCUT2D eigenvalue weighted by Gasteiger charge is -2.09. The molecule has 0 saturated heterocycles. The highest BCUT2D eigenvalue weighted by Crippen LogP contribution is 2.16. The highest BCUT2D eigenvalue weighted by atomic mass is 19.1. The lowest BCUT2D eigenvalue weighted by molar-refractivity contribution is -0.119. The maximum absolute atomic E-state index is 13.1. The van der Waals surface area contributed by atoms with Gasteiger partial charge in [0.15, 0.2) is 6.61 Å². The van der Waals surface area contributed by atoms with Crippen molar-refractivity contribution < 1.29 is 23.8 Å². The molecule has 0 atom stereocenters. The average molecular weight is 303 g/mol. The minimum atomic E-state index is -0.734. The van der Waals surface area contributed by atoms with Crippen molar-refractivity contribution >= 4 is 17.6 Å². The van der Waals surface area contributed by atoms with Crippen molar-refractivity contribution in [2.24, 2.45) is 0 Å². The van der Waals surface area contributed by atoms with Crippen LogP contribution in [0.25, 0.3) is 0 Å². The molecule has 1 amide bonds. The van der Waals surface area contributed by atoms with E-state index in [0.29, 0.717) is 11.3 Å². The molecule has 0 aliphatic carbocycles. The summed E-state index contributed by atoms with van der Waals surface area (Å²) >= 11 is 0. The Labute approximate surface area is 126 Å². The Morgan fingerprint density at radius 1 is 1.23 bits per heavy atom. The number of rotatable bonds is 4. The van der Waals surface area contributed by atoms with Crippen LogP contribution in [0, 0.1) is 12.7 Å². The van der Waals surface area contributed by atoms with Crippen LogP contribution in [0.5, 0.6) is 5.75 Å². The van der Waals surface area contributed by atoms with E-state index in [2.05, 4.69) is 5.32 Å². The molecule has 5 nitrogen and oxygen atoms in total. The second-order valence-electron chi connectivity index (χ2n) is 4.63. The van der Waals surface area contributed by atoms with E-state index in [1.807, 2.05) is 0 Å². The van der Waals surface area contributed by atoms with Gasteiger partial charge in [0.05, 0.1) is 5.56 Å². The number of halogens is 1. The molecule has 114 valence electrons. The molecule has 22 heavy (non-hydrogen) atoms. The van der Waals surface area contributed by atoms with Crippen LogP contribution in [0.15, 0.2) is 42.5 Å². The van der Waals surface area contributed by atoms with Gasteiger partial charge >= 0.3 is 5.97 Å². The Morgan fingerprint density at radius 3 is 2.73 bits per heavy atom. The third-order valence-corrected chi connectivity index (χ3v) is 2.89. The molecule has 0 bridgehead atoms. The van der Waals surface area contributed by atoms with E-state index in [0.717, 1.165) is 0 Å². The smallest absolute Gasteiger partial charge is 0.338 e. The maximum Gasteiger partial charge on any atom is 0.338 e. The first-order valence-electron chi connectivity index (χ1n) is 6.48. The number of amides is 1. The summed E-state index contributed by atoms with van der Waals surface area (Å²) in [6.45, 7) is 1.21. The fraction of sp³-hybridized carbons (Fsp3) is 0.125. The number of nitrogens with one attached hydrogen (secondary N) is 1. The highest BCUT2D eigenvalue weighted by molar-refractivity contribution is 5.96. The van der Waals surface area contributed by atoms with E-state index in [1.165, 1.54) is 42.5 Å². The molecule has 0 heterocycles. The summed E-state index contributed by atoms with van der Waals surface area (Å²) in [5, 5.41) is 11.7. The number of hydrogen-bond donors (Lipinski definition) is 2. The van der Waals surface area contributed by atoms with Gasteiger partial charge in [0, 0.05) is 5.69 Å². The summed E-state index contributed by atoms with van der Waals surface area (Å²) < 4.78 is 17.9. The third-order valence-electron chi connectivity index (χ3n) is 2.89. The molecule has 0 aliphatic heterocycles. The van der Waals surface area contributed by atoms with Gasteiger partial charge in [-0.05, 0) is 42.8 Å². The van der Waals surface area contributed by atoms with Crippen LogP contribution >= 0.6 is 0 Å². The Balaban J connectivity index is 1.93. The summed E-state index contributed by atoms with van der Waals surface area (Å²) in [5.74, 6) is -1.86. The molecule has 6 heteroatoms. The topological polar surface area (TPSA) is 75.6 Å². The Bertz CT molecular complexity index is 715. The monoisotopic (exact) mass is 303 g/mol. The number of anilines is 1. The van der Waals surface area contributed by atoms with Crippen molar-refractivity contribution in [1.29, 1.82) is 0 Å². The van der Waals surface area contributed by atoms with Crippen molar-refractivity contribution in [2.75, 3.05) is 11.9 Å². The molecule has 0 spiro atoms. The normalized spacial score (nSPS) is 10.1. The molecule has 2 N–H and O–H groups in total. The van der Waals surface area contributed by atoms with Crippen LogP contribution in [0.4, 0.5) is 10.1 Å². The second-order valence-corrected chi connectivity index (χ2v) is 4.63. The van der Waals surface area contributed by atoms with Crippen LogP contribution in [0.2, 0.25) is 0 Å². The first kappa shape index (κ1) is 15.5. The van der Waals surface area contributed by atoms with Gasteiger partial charge in [-0.2, -0.15) is 0 Å². The summed E-state index contributed by atoms with van der Waals surface area (Å²) in [4.78, 5) is 23.4. The maximum atomic E-state index is 13.1. The summed E-state index contributed by atoms with van der Waals surface area (Å²) in [6, 6.07) is 9.59. The number of phenolic OH excluding ortho intramolecular Hbond substituents is 1. The van der Waals surface area contributed by atoms with Gasteiger partial charge in [-0.25, -0.2) is 9.18 Å². The number of phenols is 1. The van der Waals surface area contributed by atoms with Crippen molar-refractivity contribution in [3.63, 3.8) is 0 Å². The van der Waals surface area contributed by atoms with Crippen LogP contribution in [-0.4, -0.2) is 23.6 Å². The fourth-order valence-corrected chi connectivity index (χ4v) is 1.76. The van der Waals surface area contributed by atoms with Crippen LogP contribution in [-0.2, 0) is 9.53 Å². The van der Waals surface area contributed by atoms with Gasteiger partial charge < -0.3 is 15.2 Å². The van der Waals surface area contributed by atoms with Gasteiger partial charge in [0.2, 0.25) is 0 Å². The fourth-order valence-electron chi connectivity index (χ4n) is 1.76.